The first-order valence-corrected chi connectivity index (χ1v) is 17.5. The number of carbonyl (C=O) groups is 3. The normalized spacial score (nSPS) is 28.5. The molecule has 3 saturated heterocycles. The first-order valence-electron chi connectivity index (χ1n) is 17.5. The quantitative estimate of drug-likeness (QED) is 0.288. The number of aliphatic hydroxyl groups excluding tert-OH is 1. The number of likely N-dealkylation sites (tertiary alicyclic amines) is 1. The Morgan fingerprint density at radius 2 is 1.71 bits per heavy atom. The Hall–Kier alpha value is -3.95. The number of nitrogens with zero attached hydrogens (tertiary/aromatic N) is 3. The number of benzene rings is 2. The number of rotatable bonds is 13. The van der Waals surface area contributed by atoms with Crippen molar-refractivity contribution >= 4 is 23.4 Å². The molecular weight excluding hydrogens is 606 g/mol. The molecule has 3 amide bonds. The topological polar surface area (TPSA) is 99.6 Å². The van der Waals surface area contributed by atoms with Crippen LogP contribution in [0.1, 0.15) is 70.4 Å². The summed E-state index contributed by atoms with van der Waals surface area (Å²) in [5.74, 6) is -1.82. The maximum Gasteiger partial charge on any atom is 0.248 e. The number of hydrogen-bond acceptors (Lipinski definition) is 6. The Kier molecular flexibility index (Phi) is 9.81. The molecule has 4 aliphatic rings. The molecule has 1 spiro atoms. The number of ether oxygens (including phenoxy) is 2. The van der Waals surface area contributed by atoms with Gasteiger partial charge in [-0.2, -0.15) is 0 Å². The largest absolute Gasteiger partial charge is 0.494 e. The monoisotopic (exact) mass is 655 g/mol. The molecule has 6 rings (SSSR count). The maximum absolute atomic E-state index is 15.1. The van der Waals surface area contributed by atoms with E-state index in [1.807, 2.05) is 73.3 Å². The van der Waals surface area contributed by atoms with E-state index in [2.05, 4.69) is 13.2 Å². The van der Waals surface area contributed by atoms with E-state index in [0.717, 1.165) is 37.7 Å². The van der Waals surface area contributed by atoms with Crippen LogP contribution in [0.3, 0.4) is 0 Å². The fourth-order valence-corrected chi connectivity index (χ4v) is 9.00. The van der Waals surface area contributed by atoms with Gasteiger partial charge in [0, 0.05) is 24.8 Å². The molecule has 9 nitrogen and oxygen atoms in total. The van der Waals surface area contributed by atoms with Crippen molar-refractivity contribution < 1.29 is 29.0 Å². The van der Waals surface area contributed by atoms with Gasteiger partial charge in [-0.3, -0.25) is 14.4 Å². The smallest absolute Gasteiger partial charge is 0.248 e. The molecule has 2 bridgehead atoms. The Morgan fingerprint density at radius 1 is 1.02 bits per heavy atom. The van der Waals surface area contributed by atoms with Crippen molar-refractivity contribution in [3.63, 3.8) is 0 Å². The molecule has 0 radical (unpaired) electrons. The van der Waals surface area contributed by atoms with Crippen LogP contribution in [0.2, 0.25) is 0 Å². The molecule has 0 aromatic heterocycles. The van der Waals surface area contributed by atoms with Gasteiger partial charge in [-0.25, -0.2) is 0 Å². The highest BCUT2D eigenvalue weighted by atomic mass is 16.5. The van der Waals surface area contributed by atoms with Crippen LogP contribution < -0.4 is 9.64 Å². The van der Waals surface area contributed by atoms with E-state index in [1.165, 1.54) is 0 Å². The molecule has 1 N–H and O–H groups in total. The van der Waals surface area contributed by atoms with Crippen molar-refractivity contribution in [1.29, 1.82) is 0 Å². The second-order valence-electron chi connectivity index (χ2n) is 13.8. The van der Waals surface area contributed by atoms with Gasteiger partial charge in [0.15, 0.2) is 0 Å². The van der Waals surface area contributed by atoms with E-state index in [-0.39, 0.29) is 36.9 Å². The predicted octanol–water partition coefficient (Wildman–Crippen LogP) is 5.45. The summed E-state index contributed by atoms with van der Waals surface area (Å²) in [5.41, 5.74) is -0.798. The van der Waals surface area contributed by atoms with Crippen molar-refractivity contribution in [1.82, 2.24) is 9.80 Å². The van der Waals surface area contributed by atoms with Crippen molar-refractivity contribution in [2.24, 2.45) is 11.8 Å². The van der Waals surface area contributed by atoms with Gasteiger partial charge in [0.05, 0.1) is 36.7 Å². The number of anilines is 1. The Balaban J connectivity index is 1.45. The molecular formula is C39H49N3O6. The molecule has 3 aliphatic heterocycles. The maximum atomic E-state index is 15.1. The summed E-state index contributed by atoms with van der Waals surface area (Å²) in [4.78, 5) is 50.1. The van der Waals surface area contributed by atoms with Crippen molar-refractivity contribution in [3.05, 3.63) is 85.5 Å². The Bertz CT molecular complexity index is 1510. The highest BCUT2D eigenvalue weighted by molar-refractivity contribution is 6.03. The second-order valence-corrected chi connectivity index (χ2v) is 13.8. The second kappa shape index (κ2) is 13.9. The average molecular weight is 656 g/mol. The van der Waals surface area contributed by atoms with Crippen LogP contribution >= 0.6 is 0 Å². The van der Waals surface area contributed by atoms with Gasteiger partial charge in [0.25, 0.3) is 0 Å². The lowest BCUT2D eigenvalue weighted by molar-refractivity contribution is -0.156. The zero-order valence-electron chi connectivity index (χ0n) is 28.3. The Morgan fingerprint density at radius 3 is 2.33 bits per heavy atom. The number of carbonyl (C=O) groups excluding carboxylic acids is 3. The van der Waals surface area contributed by atoms with Gasteiger partial charge >= 0.3 is 0 Å². The van der Waals surface area contributed by atoms with Crippen molar-refractivity contribution in [2.45, 2.75) is 88.1 Å². The molecule has 2 aromatic rings. The lowest BCUT2D eigenvalue weighted by atomic mass is 9.66. The third-order valence-corrected chi connectivity index (χ3v) is 11.1. The van der Waals surface area contributed by atoms with E-state index in [4.69, 9.17) is 9.47 Å². The molecule has 3 heterocycles. The first kappa shape index (κ1) is 33.9. The van der Waals surface area contributed by atoms with Crippen LogP contribution in [0.25, 0.3) is 0 Å². The third-order valence-electron chi connectivity index (χ3n) is 11.1. The molecule has 1 saturated carbocycles. The predicted molar refractivity (Wildman–Crippen MR) is 184 cm³/mol. The lowest BCUT2D eigenvalue weighted by Gasteiger charge is -2.42. The van der Waals surface area contributed by atoms with Crippen LogP contribution in [0, 0.1) is 11.8 Å². The molecule has 6 atom stereocenters. The molecule has 4 fully saturated rings. The summed E-state index contributed by atoms with van der Waals surface area (Å²) in [7, 11) is 0. The standard InChI is InChI=1S/C39H49N3O6/c1-5-24-40(29-18-20-30(21-19-29)47-7-3)35(44)32-33-36(45)42(31(26-43)27-14-10-8-11-15-27)34(39(33)23-22-38(32,4)48-39)37(46)41(25-6-2)28-16-12-9-13-17-28/h5-6,8,10-11,14-15,18-21,28,31-34,43H,1-2,7,9,12-13,16-17,22-26H2,3-4H3/t31-,32+,33+,34?,38-,39?/m1/s1. The van der Waals surface area contributed by atoms with Crippen LogP contribution in [0.15, 0.2) is 79.9 Å². The van der Waals surface area contributed by atoms with Gasteiger partial charge in [0.2, 0.25) is 17.7 Å². The molecule has 1 aliphatic carbocycles. The molecule has 2 aromatic carbocycles. The van der Waals surface area contributed by atoms with E-state index >= 15 is 9.59 Å². The van der Waals surface area contributed by atoms with Gasteiger partial charge < -0.3 is 29.3 Å². The van der Waals surface area contributed by atoms with Crippen molar-refractivity contribution in [3.8, 4) is 5.75 Å². The SMILES string of the molecule is C=CCN(C(=O)[C@@H]1[C@H]2C(=O)N([C@H](CO)c3ccccc3)C(C(=O)N(CC=C)C3CCCCC3)C23CC[C@@]1(C)O3)c1ccc(OCC)cc1. The number of hydrogen-bond donors (Lipinski definition) is 1. The van der Waals surface area contributed by atoms with E-state index in [1.54, 1.807) is 22.0 Å². The molecule has 2 unspecified atom stereocenters. The number of fused-ring (bicyclic) bond motifs is 1. The first-order chi connectivity index (χ1) is 23.2. The van der Waals surface area contributed by atoms with Gasteiger partial charge in [0.1, 0.15) is 17.4 Å². The lowest BCUT2D eigenvalue weighted by Crippen LogP contribution is -2.59. The molecule has 48 heavy (non-hydrogen) atoms. The van der Waals surface area contributed by atoms with E-state index < -0.39 is 35.1 Å². The van der Waals surface area contributed by atoms with Gasteiger partial charge in [-0.05, 0) is 69.4 Å². The van der Waals surface area contributed by atoms with Gasteiger partial charge in [-0.1, -0.05) is 61.7 Å². The molecule has 9 heteroatoms. The minimum absolute atomic E-state index is 0.0234. The summed E-state index contributed by atoms with van der Waals surface area (Å²) in [5, 5.41) is 10.9. The minimum atomic E-state index is -1.22. The van der Waals surface area contributed by atoms with Gasteiger partial charge in [-0.15, -0.1) is 13.2 Å². The summed E-state index contributed by atoms with van der Waals surface area (Å²) < 4.78 is 12.6. The van der Waals surface area contributed by atoms with Crippen molar-refractivity contribution in [2.75, 3.05) is 31.2 Å². The summed E-state index contributed by atoms with van der Waals surface area (Å²) in [6.45, 7) is 12.4. The third kappa shape index (κ3) is 5.64. The van der Waals surface area contributed by atoms with Crippen LogP contribution in [0.4, 0.5) is 5.69 Å². The zero-order chi connectivity index (χ0) is 34.1. The Labute approximate surface area is 284 Å². The average Bonchev–Trinajstić information content (AvgIpc) is 3.68. The highest BCUT2D eigenvalue weighted by Crippen LogP contribution is 2.64. The van der Waals surface area contributed by atoms with Crippen LogP contribution in [-0.4, -0.2) is 82.2 Å². The fraction of sp³-hybridized carbons (Fsp3) is 0.513. The minimum Gasteiger partial charge on any atom is -0.494 e. The molecule has 256 valence electrons. The van der Waals surface area contributed by atoms with E-state index in [0.29, 0.717) is 37.4 Å². The summed E-state index contributed by atoms with van der Waals surface area (Å²) >= 11 is 0. The summed E-state index contributed by atoms with van der Waals surface area (Å²) in [6.07, 6.45) is 9.37. The van der Waals surface area contributed by atoms with Crippen LogP contribution in [0.5, 0.6) is 5.75 Å². The highest BCUT2D eigenvalue weighted by Gasteiger charge is 2.79. The number of amides is 3. The zero-order valence-corrected chi connectivity index (χ0v) is 28.3. The van der Waals surface area contributed by atoms with E-state index in [9.17, 15) is 9.90 Å². The fourth-order valence-electron chi connectivity index (χ4n) is 9.00. The van der Waals surface area contributed by atoms with Crippen LogP contribution in [-0.2, 0) is 19.1 Å². The number of aliphatic hydroxyl groups is 1. The summed E-state index contributed by atoms with van der Waals surface area (Å²) in [6, 6.07) is 14.9.